The van der Waals surface area contributed by atoms with Crippen LogP contribution < -0.4 is 16.0 Å². The fourth-order valence-corrected chi connectivity index (χ4v) is 3.51. The fourth-order valence-electron chi connectivity index (χ4n) is 3.51. The third kappa shape index (κ3) is 8.13. The summed E-state index contributed by atoms with van der Waals surface area (Å²) in [6.45, 7) is 1.23. The average Bonchev–Trinajstić information content (AvgIpc) is 2.73. The molecule has 0 radical (unpaired) electrons. The Labute approximate surface area is 174 Å². The highest BCUT2D eigenvalue weighted by Crippen LogP contribution is 2.17. The maximum absolute atomic E-state index is 12.1. The van der Waals surface area contributed by atoms with E-state index in [2.05, 4.69) is 20.9 Å². The van der Waals surface area contributed by atoms with E-state index in [-0.39, 0.29) is 11.8 Å². The van der Waals surface area contributed by atoms with Crippen molar-refractivity contribution >= 4 is 17.8 Å². The van der Waals surface area contributed by atoms with Crippen LogP contribution in [0.5, 0.6) is 0 Å². The molecule has 1 saturated carbocycles. The molecule has 160 valence electrons. The van der Waals surface area contributed by atoms with E-state index in [1.165, 1.54) is 19.3 Å². The number of amides is 2. The summed E-state index contributed by atoms with van der Waals surface area (Å²) in [5.41, 5.74) is 1.78. The Morgan fingerprint density at radius 3 is 2.52 bits per heavy atom. The van der Waals surface area contributed by atoms with Gasteiger partial charge in [-0.1, -0.05) is 31.4 Å². The highest BCUT2D eigenvalue weighted by atomic mass is 16.2. The molecule has 1 aromatic rings. The Balaban J connectivity index is 1.68. The monoisotopic (exact) mass is 401 g/mol. The molecule has 1 aliphatic carbocycles. The molecule has 1 fully saturated rings. The Bertz CT molecular complexity index is 696. The van der Waals surface area contributed by atoms with Gasteiger partial charge in [-0.25, -0.2) is 0 Å². The lowest BCUT2D eigenvalue weighted by molar-refractivity contribution is -0.121. The second kappa shape index (κ2) is 12.1. The van der Waals surface area contributed by atoms with Gasteiger partial charge in [-0.15, -0.1) is 0 Å². The van der Waals surface area contributed by atoms with Gasteiger partial charge in [-0.3, -0.25) is 14.6 Å². The lowest BCUT2D eigenvalue weighted by atomic mass is 9.95. The SMILES string of the molecule is CN=C(NCCC(=O)NC1CCCCC1)NCCc1cccc(C(=O)N(C)C)c1. The Morgan fingerprint density at radius 2 is 1.83 bits per heavy atom. The molecule has 7 heteroatoms. The van der Waals surface area contributed by atoms with E-state index in [9.17, 15) is 9.59 Å². The standard InChI is InChI=1S/C22H35N5O2/c1-23-22(25-15-13-20(28)26-19-10-5-4-6-11-19)24-14-12-17-8-7-9-18(16-17)21(29)27(2)3/h7-9,16,19H,4-6,10-15H2,1-3H3,(H,26,28)(H2,23,24,25). The lowest BCUT2D eigenvalue weighted by Gasteiger charge is -2.22. The molecule has 0 aliphatic heterocycles. The van der Waals surface area contributed by atoms with Crippen molar-refractivity contribution in [2.24, 2.45) is 4.99 Å². The maximum Gasteiger partial charge on any atom is 0.253 e. The number of hydrogen-bond donors (Lipinski definition) is 3. The van der Waals surface area contributed by atoms with Crippen LogP contribution in [0, 0.1) is 0 Å². The molecule has 2 rings (SSSR count). The van der Waals surface area contributed by atoms with E-state index < -0.39 is 0 Å². The van der Waals surface area contributed by atoms with Crippen LogP contribution in [0.3, 0.4) is 0 Å². The van der Waals surface area contributed by atoms with Gasteiger partial charge in [0.15, 0.2) is 5.96 Å². The Kier molecular flexibility index (Phi) is 9.47. The average molecular weight is 402 g/mol. The second-order valence-corrected chi connectivity index (χ2v) is 7.73. The van der Waals surface area contributed by atoms with Gasteiger partial charge in [-0.2, -0.15) is 0 Å². The summed E-state index contributed by atoms with van der Waals surface area (Å²) < 4.78 is 0. The van der Waals surface area contributed by atoms with Crippen molar-refractivity contribution in [1.29, 1.82) is 0 Å². The minimum Gasteiger partial charge on any atom is -0.356 e. The normalized spacial score (nSPS) is 14.9. The first-order valence-corrected chi connectivity index (χ1v) is 10.5. The molecule has 29 heavy (non-hydrogen) atoms. The van der Waals surface area contributed by atoms with E-state index in [0.29, 0.717) is 37.1 Å². The minimum absolute atomic E-state index is 0.00351. The quantitative estimate of drug-likeness (QED) is 0.459. The van der Waals surface area contributed by atoms with E-state index >= 15 is 0 Å². The van der Waals surface area contributed by atoms with Crippen molar-refractivity contribution in [2.45, 2.75) is 51.0 Å². The number of carbonyl (C=O) groups excluding carboxylic acids is 2. The molecule has 0 saturated heterocycles. The number of hydrogen-bond acceptors (Lipinski definition) is 3. The smallest absolute Gasteiger partial charge is 0.253 e. The number of guanidine groups is 1. The molecule has 2 amide bonds. The van der Waals surface area contributed by atoms with Crippen molar-refractivity contribution in [1.82, 2.24) is 20.9 Å². The Morgan fingerprint density at radius 1 is 1.10 bits per heavy atom. The van der Waals surface area contributed by atoms with Gasteiger partial charge in [0.25, 0.3) is 5.91 Å². The summed E-state index contributed by atoms with van der Waals surface area (Å²) >= 11 is 0. The molecule has 1 aliphatic rings. The van der Waals surface area contributed by atoms with Crippen molar-refractivity contribution in [3.63, 3.8) is 0 Å². The molecule has 0 unspecified atom stereocenters. The van der Waals surface area contributed by atoms with Crippen molar-refractivity contribution in [2.75, 3.05) is 34.2 Å². The number of carbonyl (C=O) groups is 2. The molecule has 0 bridgehead atoms. The van der Waals surface area contributed by atoms with Crippen LogP contribution in [0.2, 0.25) is 0 Å². The minimum atomic E-state index is 0.00351. The summed E-state index contributed by atoms with van der Waals surface area (Å²) in [7, 11) is 5.22. The highest BCUT2D eigenvalue weighted by molar-refractivity contribution is 5.94. The molecule has 7 nitrogen and oxygen atoms in total. The van der Waals surface area contributed by atoms with Crippen LogP contribution in [0.15, 0.2) is 29.3 Å². The highest BCUT2D eigenvalue weighted by Gasteiger charge is 2.15. The zero-order valence-electron chi connectivity index (χ0n) is 18.0. The predicted octanol–water partition coefficient (Wildman–Crippen LogP) is 1.93. The summed E-state index contributed by atoms with van der Waals surface area (Å²) in [5.74, 6) is 0.780. The van der Waals surface area contributed by atoms with E-state index in [0.717, 1.165) is 24.8 Å². The summed E-state index contributed by atoms with van der Waals surface area (Å²) in [4.78, 5) is 29.9. The van der Waals surface area contributed by atoms with Crippen LogP contribution in [0.1, 0.15) is 54.4 Å². The van der Waals surface area contributed by atoms with Gasteiger partial charge >= 0.3 is 0 Å². The summed E-state index contributed by atoms with van der Waals surface area (Å²) in [6, 6.07) is 8.03. The number of nitrogens with one attached hydrogen (secondary N) is 3. The topological polar surface area (TPSA) is 85.8 Å². The molecule has 0 heterocycles. The largest absolute Gasteiger partial charge is 0.356 e. The predicted molar refractivity (Wildman–Crippen MR) is 117 cm³/mol. The van der Waals surface area contributed by atoms with Gasteiger partial charge in [-0.05, 0) is 37.0 Å². The zero-order chi connectivity index (χ0) is 21.1. The molecule has 0 aromatic heterocycles. The summed E-state index contributed by atoms with van der Waals surface area (Å²) in [5, 5.41) is 9.57. The summed E-state index contributed by atoms with van der Waals surface area (Å²) in [6.07, 6.45) is 7.13. The van der Waals surface area contributed by atoms with Crippen LogP contribution in [-0.4, -0.2) is 62.9 Å². The first kappa shape index (κ1) is 22.7. The van der Waals surface area contributed by atoms with Crippen LogP contribution in [0.25, 0.3) is 0 Å². The maximum atomic E-state index is 12.1. The van der Waals surface area contributed by atoms with Crippen molar-refractivity contribution in [3.8, 4) is 0 Å². The van der Waals surface area contributed by atoms with Crippen molar-refractivity contribution in [3.05, 3.63) is 35.4 Å². The molecule has 0 spiro atoms. The van der Waals surface area contributed by atoms with E-state index in [1.807, 2.05) is 24.3 Å². The third-order valence-electron chi connectivity index (χ3n) is 5.12. The van der Waals surface area contributed by atoms with E-state index in [1.54, 1.807) is 26.0 Å². The Hall–Kier alpha value is -2.57. The second-order valence-electron chi connectivity index (χ2n) is 7.73. The first-order valence-electron chi connectivity index (χ1n) is 10.5. The molecule has 0 atom stereocenters. The number of nitrogens with zero attached hydrogens (tertiary/aromatic N) is 2. The molecular formula is C22H35N5O2. The van der Waals surface area contributed by atoms with Gasteiger partial charge in [0.05, 0.1) is 0 Å². The number of benzene rings is 1. The number of aliphatic imine (C=N–C) groups is 1. The molecule has 1 aromatic carbocycles. The molecule has 3 N–H and O–H groups in total. The van der Waals surface area contributed by atoms with Gasteiger partial charge < -0.3 is 20.9 Å². The van der Waals surface area contributed by atoms with Crippen molar-refractivity contribution < 1.29 is 9.59 Å². The van der Waals surface area contributed by atoms with Gasteiger partial charge in [0.2, 0.25) is 5.91 Å². The van der Waals surface area contributed by atoms with Crippen LogP contribution >= 0.6 is 0 Å². The van der Waals surface area contributed by atoms with Gasteiger partial charge in [0.1, 0.15) is 0 Å². The lowest BCUT2D eigenvalue weighted by Crippen LogP contribution is -2.41. The van der Waals surface area contributed by atoms with Crippen LogP contribution in [-0.2, 0) is 11.2 Å². The van der Waals surface area contributed by atoms with E-state index in [4.69, 9.17) is 0 Å². The zero-order valence-corrected chi connectivity index (χ0v) is 18.0. The molecular weight excluding hydrogens is 366 g/mol. The fraction of sp³-hybridized carbons (Fsp3) is 0.591. The van der Waals surface area contributed by atoms with Crippen LogP contribution in [0.4, 0.5) is 0 Å². The number of rotatable bonds is 8. The van der Waals surface area contributed by atoms with Gasteiger partial charge in [0, 0.05) is 52.3 Å². The first-order chi connectivity index (χ1) is 14.0. The third-order valence-corrected chi connectivity index (χ3v) is 5.12.